The Hall–Kier alpha value is -0.810. The second-order valence-electron chi connectivity index (χ2n) is 8.80. The Morgan fingerprint density at radius 3 is 2.55 bits per heavy atom. The van der Waals surface area contributed by atoms with Crippen LogP contribution in [0, 0.1) is 17.8 Å². The molecule has 4 nitrogen and oxygen atoms in total. The Bertz CT molecular complexity index is 608. The standard InChI is InChI=1S/C23H37N3O.2ClH/c1-18-6-5-13-26(16-18)17-22-8-4-3-7-21(22)15-25-23(27)14-19(2)20-9-11-24-12-10-20;;/h3-4,7-8,18-20,24H,5-6,9-17H2,1-2H3,(H,25,27);2*1H. The molecule has 2 aliphatic rings. The highest BCUT2D eigenvalue weighted by Gasteiger charge is 2.22. The predicted molar refractivity (Wildman–Crippen MR) is 126 cm³/mol. The highest BCUT2D eigenvalue weighted by Crippen LogP contribution is 2.24. The van der Waals surface area contributed by atoms with Gasteiger partial charge in [-0.3, -0.25) is 9.69 Å². The molecule has 0 bridgehead atoms. The third-order valence-corrected chi connectivity index (χ3v) is 6.43. The Morgan fingerprint density at radius 2 is 1.86 bits per heavy atom. The molecule has 0 spiro atoms. The monoisotopic (exact) mass is 443 g/mol. The maximum atomic E-state index is 12.5. The van der Waals surface area contributed by atoms with E-state index in [1.807, 2.05) is 0 Å². The smallest absolute Gasteiger partial charge is 0.220 e. The molecule has 2 N–H and O–H groups in total. The van der Waals surface area contributed by atoms with Crippen LogP contribution in [0.2, 0.25) is 0 Å². The van der Waals surface area contributed by atoms with Crippen LogP contribution in [0.1, 0.15) is 57.1 Å². The summed E-state index contributed by atoms with van der Waals surface area (Å²) in [6.07, 6.45) is 5.70. The van der Waals surface area contributed by atoms with E-state index < -0.39 is 0 Å². The van der Waals surface area contributed by atoms with E-state index in [-0.39, 0.29) is 30.7 Å². The van der Waals surface area contributed by atoms with E-state index in [1.54, 1.807) is 0 Å². The molecule has 2 unspecified atom stereocenters. The van der Waals surface area contributed by atoms with E-state index in [2.05, 4.69) is 53.6 Å². The number of benzene rings is 1. The van der Waals surface area contributed by atoms with E-state index >= 15 is 0 Å². The summed E-state index contributed by atoms with van der Waals surface area (Å²) >= 11 is 0. The number of nitrogens with zero attached hydrogens (tertiary/aromatic N) is 1. The lowest BCUT2D eigenvalue weighted by atomic mass is 9.84. The second-order valence-corrected chi connectivity index (χ2v) is 8.80. The van der Waals surface area contributed by atoms with Crippen molar-refractivity contribution in [2.75, 3.05) is 26.2 Å². The van der Waals surface area contributed by atoms with Crippen molar-refractivity contribution in [3.05, 3.63) is 35.4 Å². The topological polar surface area (TPSA) is 44.4 Å². The van der Waals surface area contributed by atoms with Gasteiger partial charge in [0.15, 0.2) is 0 Å². The Labute approximate surface area is 189 Å². The van der Waals surface area contributed by atoms with Gasteiger partial charge in [-0.15, -0.1) is 24.8 Å². The molecule has 166 valence electrons. The number of likely N-dealkylation sites (tertiary alicyclic amines) is 1. The van der Waals surface area contributed by atoms with E-state index in [0.717, 1.165) is 25.6 Å². The van der Waals surface area contributed by atoms with Gasteiger partial charge in [0.05, 0.1) is 0 Å². The van der Waals surface area contributed by atoms with Gasteiger partial charge < -0.3 is 10.6 Å². The van der Waals surface area contributed by atoms with Crippen LogP contribution in [-0.4, -0.2) is 37.0 Å². The molecule has 2 heterocycles. The molecular weight excluding hydrogens is 405 g/mol. The van der Waals surface area contributed by atoms with Crippen molar-refractivity contribution in [3.63, 3.8) is 0 Å². The fourth-order valence-corrected chi connectivity index (χ4v) is 4.69. The number of hydrogen-bond donors (Lipinski definition) is 2. The number of carbonyl (C=O) groups is 1. The summed E-state index contributed by atoms with van der Waals surface area (Å²) in [5, 5.41) is 6.59. The van der Waals surface area contributed by atoms with Crippen LogP contribution in [0.3, 0.4) is 0 Å². The molecule has 0 aromatic heterocycles. The maximum Gasteiger partial charge on any atom is 0.220 e. The Balaban J connectivity index is 0.00000210. The summed E-state index contributed by atoms with van der Waals surface area (Å²) in [5.74, 6) is 2.15. The lowest BCUT2D eigenvalue weighted by Gasteiger charge is -2.31. The zero-order valence-electron chi connectivity index (χ0n) is 18.0. The third kappa shape index (κ3) is 8.45. The Morgan fingerprint density at radius 1 is 1.17 bits per heavy atom. The van der Waals surface area contributed by atoms with Gasteiger partial charge >= 0.3 is 0 Å². The molecule has 2 fully saturated rings. The van der Waals surface area contributed by atoms with Crippen molar-refractivity contribution < 1.29 is 4.79 Å². The molecular formula is C23H39Cl2N3O. The van der Waals surface area contributed by atoms with E-state index in [4.69, 9.17) is 0 Å². The molecule has 0 aliphatic carbocycles. The number of nitrogens with one attached hydrogen (secondary N) is 2. The van der Waals surface area contributed by atoms with Crippen LogP contribution in [0.15, 0.2) is 24.3 Å². The number of carbonyl (C=O) groups excluding carboxylic acids is 1. The molecule has 2 atom stereocenters. The van der Waals surface area contributed by atoms with Gasteiger partial charge in [0.2, 0.25) is 5.91 Å². The van der Waals surface area contributed by atoms with Crippen molar-refractivity contribution in [2.45, 2.75) is 59.0 Å². The zero-order chi connectivity index (χ0) is 19.1. The predicted octanol–water partition coefficient (Wildman–Crippen LogP) is 4.40. The van der Waals surface area contributed by atoms with Crippen molar-refractivity contribution in [1.82, 2.24) is 15.5 Å². The Kier molecular flexibility index (Phi) is 12.2. The van der Waals surface area contributed by atoms with Gasteiger partial charge in [-0.05, 0) is 74.2 Å². The van der Waals surface area contributed by atoms with Crippen LogP contribution >= 0.6 is 24.8 Å². The SMILES string of the molecule is CC1CCCN(Cc2ccccc2CNC(=O)CC(C)C2CCNCC2)C1.Cl.Cl. The van der Waals surface area contributed by atoms with Crippen LogP contribution in [-0.2, 0) is 17.9 Å². The molecule has 0 saturated carbocycles. The molecule has 29 heavy (non-hydrogen) atoms. The number of halogens is 2. The summed E-state index contributed by atoms with van der Waals surface area (Å²) in [5.41, 5.74) is 2.62. The zero-order valence-corrected chi connectivity index (χ0v) is 19.6. The molecule has 1 amide bonds. The first kappa shape index (κ1) is 26.2. The number of hydrogen-bond acceptors (Lipinski definition) is 3. The summed E-state index contributed by atoms with van der Waals surface area (Å²) in [6, 6.07) is 8.59. The first-order valence-corrected chi connectivity index (χ1v) is 10.9. The van der Waals surface area contributed by atoms with Crippen LogP contribution in [0.5, 0.6) is 0 Å². The third-order valence-electron chi connectivity index (χ3n) is 6.43. The van der Waals surface area contributed by atoms with Gasteiger partial charge in [0, 0.05) is 26.1 Å². The lowest BCUT2D eigenvalue weighted by Crippen LogP contribution is -2.34. The highest BCUT2D eigenvalue weighted by molar-refractivity contribution is 5.85. The average Bonchev–Trinajstić information content (AvgIpc) is 2.68. The molecule has 2 saturated heterocycles. The number of rotatable bonds is 7. The highest BCUT2D eigenvalue weighted by atomic mass is 35.5. The van der Waals surface area contributed by atoms with Gasteiger partial charge in [0.1, 0.15) is 0 Å². The normalized spacial score (nSPS) is 21.5. The van der Waals surface area contributed by atoms with E-state index in [9.17, 15) is 4.79 Å². The fourth-order valence-electron chi connectivity index (χ4n) is 4.69. The fraction of sp³-hybridized carbons (Fsp3) is 0.696. The van der Waals surface area contributed by atoms with E-state index in [0.29, 0.717) is 24.8 Å². The van der Waals surface area contributed by atoms with Gasteiger partial charge in [0.25, 0.3) is 0 Å². The largest absolute Gasteiger partial charge is 0.352 e. The molecule has 1 aromatic carbocycles. The van der Waals surface area contributed by atoms with Crippen molar-refractivity contribution >= 4 is 30.7 Å². The van der Waals surface area contributed by atoms with Crippen molar-refractivity contribution in [3.8, 4) is 0 Å². The van der Waals surface area contributed by atoms with Gasteiger partial charge in [-0.2, -0.15) is 0 Å². The first-order valence-electron chi connectivity index (χ1n) is 10.9. The number of piperidine rings is 2. The van der Waals surface area contributed by atoms with Gasteiger partial charge in [-0.1, -0.05) is 38.1 Å². The average molecular weight is 444 g/mol. The second kappa shape index (κ2) is 13.5. The molecule has 3 rings (SSSR count). The lowest BCUT2D eigenvalue weighted by molar-refractivity contribution is -0.122. The van der Waals surface area contributed by atoms with E-state index in [1.165, 1.54) is 49.9 Å². The summed E-state index contributed by atoms with van der Waals surface area (Å²) in [6.45, 7) is 10.8. The summed E-state index contributed by atoms with van der Waals surface area (Å²) in [7, 11) is 0. The van der Waals surface area contributed by atoms with Crippen LogP contribution in [0.4, 0.5) is 0 Å². The quantitative estimate of drug-likeness (QED) is 0.655. The van der Waals surface area contributed by atoms with Crippen molar-refractivity contribution in [2.24, 2.45) is 17.8 Å². The first-order chi connectivity index (χ1) is 13.1. The number of amides is 1. The molecule has 1 aromatic rings. The van der Waals surface area contributed by atoms with Crippen LogP contribution in [0.25, 0.3) is 0 Å². The minimum absolute atomic E-state index is 0. The molecule has 0 radical (unpaired) electrons. The molecule has 2 aliphatic heterocycles. The van der Waals surface area contributed by atoms with Crippen molar-refractivity contribution in [1.29, 1.82) is 0 Å². The molecule has 6 heteroatoms. The maximum absolute atomic E-state index is 12.5. The van der Waals surface area contributed by atoms with Crippen LogP contribution < -0.4 is 10.6 Å². The van der Waals surface area contributed by atoms with Gasteiger partial charge in [-0.25, -0.2) is 0 Å². The minimum Gasteiger partial charge on any atom is -0.352 e. The summed E-state index contributed by atoms with van der Waals surface area (Å²) < 4.78 is 0. The summed E-state index contributed by atoms with van der Waals surface area (Å²) in [4.78, 5) is 15.0. The minimum atomic E-state index is 0.